The number of hydrogen-bond acceptors (Lipinski definition) is 9. The molecule has 4 heterocycles. The minimum Gasteiger partial charge on any atom is -0.465 e. The van der Waals surface area contributed by atoms with E-state index in [1.54, 1.807) is 6.07 Å². The van der Waals surface area contributed by atoms with Crippen LogP contribution in [-0.2, 0) is 10.0 Å². The van der Waals surface area contributed by atoms with Crippen molar-refractivity contribution < 1.29 is 27.1 Å². The molecule has 0 radical (unpaired) electrons. The third-order valence-corrected chi connectivity index (χ3v) is 9.92. The van der Waals surface area contributed by atoms with Crippen LogP contribution in [0.5, 0.6) is 0 Å². The number of carbonyl (C=O) groups is 1. The second kappa shape index (κ2) is 9.39. The van der Waals surface area contributed by atoms with Gasteiger partial charge in [-0.05, 0) is 44.7 Å². The Kier molecular flexibility index (Phi) is 6.20. The number of rotatable bonds is 6. The smallest absolute Gasteiger partial charge is 0.407 e. The van der Waals surface area contributed by atoms with Gasteiger partial charge in [0.1, 0.15) is 11.9 Å². The van der Waals surface area contributed by atoms with Crippen molar-refractivity contribution in [1.29, 1.82) is 5.26 Å². The second-order valence-corrected chi connectivity index (χ2v) is 12.7. The average molecular weight is 589 g/mol. The first-order valence-corrected chi connectivity index (χ1v) is 14.7. The van der Waals surface area contributed by atoms with E-state index < -0.39 is 33.1 Å². The van der Waals surface area contributed by atoms with Gasteiger partial charge in [-0.15, -0.1) is 10.2 Å². The highest BCUT2D eigenvalue weighted by molar-refractivity contribution is 7.89. The monoisotopic (exact) mass is 588 g/mol. The normalized spacial score (nSPS) is 20.7. The van der Waals surface area contributed by atoms with Gasteiger partial charge >= 0.3 is 6.09 Å². The standard InChI is InChI=1S/C24H22F2N8O4S2/c1-12-8-13(4-7-33(12)23(35)36)18-17-15-3-2-14(40(37,38)32-24(10-27)5-6-24)9-16(15)34(20(17)29-11-28-18)22-31-30-21(39-22)19(25)26/h2-3,9,11-13,19,32H,4-8H2,1H3,(H,35,36)/t12-,13?/m0/s1. The molecule has 1 aliphatic carbocycles. The largest absolute Gasteiger partial charge is 0.465 e. The zero-order valence-electron chi connectivity index (χ0n) is 21.0. The third kappa shape index (κ3) is 4.34. The maximum Gasteiger partial charge on any atom is 0.407 e. The highest BCUT2D eigenvalue weighted by Gasteiger charge is 2.47. The van der Waals surface area contributed by atoms with Crippen molar-refractivity contribution in [2.75, 3.05) is 6.54 Å². The number of fused-ring (bicyclic) bond motifs is 3. The summed E-state index contributed by atoms with van der Waals surface area (Å²) in [5.74, 6) is -0.128. The molecule has 1 aromatic carbocycles. The lowest BCUT2D eigenvalue weighted by Crippen LogP contribution is -2.43. The Labute approximate surface area is 230 Å². The van der Waals surface area contributed by atoms with Crippen LogP contribution in [0, 0.1) is 11.3 Å². The number of amides is 1. The molecule has 40 heavy (non-hydrogen) atoms. The molecule has 12 nitrogen and oxygen atoms in total. The summed E-state index contributed by atoms with van der Waals surface area (Å²) in [5, 5.41) is 27.2. The van der Waals surface area contributed by atoms with Crippen LogP contribution in [0.15, 0.2) is 29.4 Å². The Balaban J connectivity index is 1.54. The van der Waals surface area contributed by atoms with Crippen molar-refractivity contribution in [1.82, 2.24) is 34.4 Å². The van der Waals surface area contributed by atoms with Gasteiger partial charge in [0.2, 0.25) is 15.2 Å². The quantitative estimate of drug-likeness (QED) is 0.339. The summed E-state index contributed by atoms with van der Waals surface area (Å²) in [6.07, 6.45) is -0.656. The summed E-state index contributed by atoms with van der Waals surface area (Å²) < 4.78 is 57.2. The minimum atomic E-state index is -4.09. The number of nitriles is 1. The molecule has 0 spiro atoms. The van der Waals surface area contributed by atoms with Crippen LogP contribution in [0.2, 0.25) is 0 Å². The van der Waals surface area contributed by atoms with Gasteiger partial charge in [-0.25, -0.2) is 32.0 Å². The number of piperidine rings is 1. The third-order valence-electron chi connectivity index (χ3n) is 7.47. The fourth-order valence-electron chi connectivity index (χ4n) is 5.30. The van der Waals surface area contributed by atoms with Crippen molar-refractivity contribution >= 4 is 49.4 Å². The summed E-state index contributed by atoms with van der Waals surface area (Å²) in [7, 11) is -4.09. The molecule has 2 aliphatic rings. The summed E-state index contributed by atoms with van der Waals surface area (Å²) in [4.78, 5) is 21.8. The Hall–Kier alpha value is -3.81. The Morgan fingerprint density at radius 3 is 2.70 bits per heavy atom. The Bertz CT molecular complexity index is 1810. The molecule has 2 atom stereocenters. The van der Waals surface area contributed by atoms with E-state index in [9.17, 15) is 32.4 Å². The van der Waals surface area contributed by atoms with Gasteiger partial charge < -0.3 is 10.0 Å². The molecule has 0 bridgehead atoms. The summed E-state index contributed by atoms with van der Waals surface area (Å²) in [6, 6.07) is 6.16. The molecule has 3 aromatic heterocycles. The zero-order chi connectivity index (χ0) is 28.4. The molecule has 1 aliphatic heterocycles. The number of hydrogen-bond donors (Lipinski definition) is 2. The first-order valence-electron chi connectivity index (χ1n) is 12.4. The van der Waals surface area contributed by atoms with Crippen molar-refractivity contribution in [3.8, 4) is 11.2 Å². The number of likely N-dealkylation sites (tertiary alicyclic amines) is 1. The number of nitrogens with one attached hydrogen (secondary N) is 1. The van der Waals surface area contributed by atoms with Crippen LogP contribution in [0.4, 0.5) is 13.6 Å². The number of halogens is 2. The maximum atomic E-state index is 13.4. The number of carboxylic acid groups (broad SMARTS) is 1. The van der Waals surface area contributed by atoms with E-state index in [2.05, 4.69) is 24.9 Å². The van der Waals surface area contributed by atoms with Crippen molar-refractivity contribution in [3.63, 3.8) is 0 Å². The van der Waals surface area contributed by atoms with E-state index in [0.29, 0.717) is 71.2 Å². The first-order chi connectivity index (χ1) is 19.0. The van der Waals surface area contributed by atoms with E-state index >= 15 is 0 Å². The molecule has 1 amide bonds. The van der Waals surface area contributed by atoms with E-state index in [1.165, 1.54) is 27.9 Å². The number of sulfonamides is 1. The number of nitrogens with zero attached hydrogens (tertiary/aromatic N) is 7. The Morgan fingerprint density at radius 2 is 2.08 bits per heavy atom. The SMILES string of the molecule is C[C@H]1CC(c2ncnc3c2c2ccc(S(=O)(=O)NC4(C#N)CC4)cc2n3-c2nnc(C(F)F)s2)CCN1C(=O)O. The lowest BCUT2D eigenvalue weighted by atomic mass is 9.87. The van der Waals surface area contributed by atoms with Gasteiger partial charge in [-0.3, -0.25) is 4.57 Å². The molecule has 1 unspecified atom stereocenters. The molecular formula is C24H22F2N8O4S2. The molecule has 208 valence electrons. The van der Waals surface area contributed by atoms with Gasteiger partial charge in [0.05, 0.1) is 22.2 Å². The molecular weight excluding hydrogens is 566 g/mol. The highest BCUT2D eigenvalue weighted by Crippen LogP contribution is 2.41. The van der Waals surface area contributed by atoms with E-state index in [4.69, 9.17) is 0 Å². The number of aromatic nitrogens is 5. The minimum absolute atomic E-state index is 0.0761. The van der Waals surface area contributed by atoms with Gasteiger partial charge in [0.15, 0.2) is 10.7 Å². The molecule has 1 saturated heterocycles. The first kappa shape index (κ1) is 26.4. The lowest BCUT2D eigenvalue weighted by molar-refractivity contribution is 0.106. The summed E-state index contributed by atoms with van der Waals surface area (Å²) in [5.41, 5.74) is 0.198. The van der Waals surface area contributed by atoms with Gasteiger partial charge in [-0.1, -0.05) is 17.4 Å². The van der Waals surface area contributed by atoms with Crippen molar-refractivity contribution in [3.05, 3.63) is 35.2 Å². The predicted molar refractivity (Wildman–Crippen MR) is 139 cm³/mol. The lowest BCUT2D eigenvalue weighted by Gasteiger charge is -2.35. The van der Waals surface area contributed by atoms with Crippen LogP contribution < -0.4 is 4.72 Å². The van der Waals surface area contributed by atoms with Crippen LogP contribution >= 0.6 is 11.3 Å². The molecule has 6 rings (SSSR count). The van der Waals surface area contributed by atoms with Crippen LogP contribution in [0.3, 0.4) is 0 Å². The predicted octanol–water partition coefficient (Wildman–Crippen LogP) is 3.94. The highest BCUT2D eigenvalue weighted by atomic mass is 32.2. The average Bonchev–Trinajstić information content (AvgIpc) is 3.36. The van der Waals surface area contributed by atoms with Crippen molar-refractivity contribution in [2.45, 2.75) is 61.4 Å². The summed E-state index contributed by atoms with van der Waals surface area (Å²) in [6.45, 7) is 2.14. The van der Waals surface area contributed by atoms with Gasteiger partial charge in [-0.2, -0.15) is 9.98 Å². The zero-order valence-corrected chi connectivity index (χ0v) is 22.6. The molecule has 4 aromatic rings. The van der Waals surface area contributed by atoms with Crippen molar-refractivity contribution in [2.24, 2.45) is 0 Å². The number of alkyl halides is 2. The molecule has 2 N–H and O–H groups in total. The molecule has 2 fully saturated rings. The van der Waals surface area contributed by atoms with Crippen LogP contribution in [-0.4, -0.2) is 67.4 Å². The van der Waals surface area contributed by atoms with Gasteiger partial charge in [0, 0.05) is 29.3 Å². The Morgan fingerprint density at radius 1 is 1.30 bits per heavy atom. The van der Waals surface area contributed by atoms with Crippen LogP contribution in [0.1, 0.15) is 55.7 Å². The van der Waals surface area contributed by atoms with E-state index in [1.807, 2.05) is 13.0 Å². The fraction of sp³-hybridized carbons (Fsp3) is 0.417. The fourth-order valence-corrected chi connectivity index (χ4v) is 7.41. The molecule has 1 saturated carbocycles. The topological polar surface area (TPSA) is 167 Å². The number of benzene rings is 1. The van der Waals surface area contributed by atoms with E-state index in [0.717, 1.165) is 0 Å². The summed E-state index contributed by atoms with van der Waals surface area (Å²) >= 11 is 0.661. The van der Waals surface area contributed by atoms with Gasteiger partial charge in [0.25, 0.3) is 6.43 Å². The second-order valence-electron chi connectivity index (χ2n) is 10.0. The van der Waals surface area contributed by atoms with E-state index in [-0.39, 0.29) is 22.0 Å². The maximum absolute atomic E-state index is 13.4. The molecule has 16 heteroatoms. The van der Waals surface area contributed by atoms with Crippen LogP contribution in [0.25, 0.3) is 27.1 Å².